The highest BCUT2D eigenvalue weighted by Gasteiger charge is 2.30. The molecule has 1 atom stereocenters. The molecular formula is C18H26N4O2. The molecule has 1 saturated heterocycles. The molecule has 1 aromatic heterocycles. The van der Waals surface area contributed by atoms with E-state index in [0.717, 1.165) is 49.6 Å². The molecule has 0 spiro atoms. The Labute approximate surface area is 143 Å². The summed E-state index contributed by atoms with van der Waals surface area (Å²) in [5, 5.41) is 0. The van der Waals surface area contributed by atoms with E-state index in [2.05, 4.69) is 18.8 Å². The van der Waals surface area contributed by atoms with Gasteiger partial charge in [-0.25, -0.2) is 9.97 Å². The van der Waals surface area contributed by atoms with Crippen molar-refractivity contribution in [1.29, 1.82) is 0 Å². The third kappa shape index (κ3) is 3.57. The Bertz CT molecular complexity index is 644. The van der Waals surface area contributed by atoms with Gasteiger partial charge in [0, 0.05) is 63.6 Å². The number of hydrogen-bond donors (Lipinski definition) is 0. The molecule has 3 rings (SSSR count). The van der Waals surface area contributed by atoms with Gasteiger partial charge in [0.15, 0.2) is 0 Å². The number of carbonyl (C=O) groups is 2. The van der Waals surface area contributed by atoms with E-state index in [4.69, 9.17) is 4.98 Å². The summed E-state index contributed by atoms with van der Waals surface area (Å²) in [7, 11) is 0. The summed E-state index contributed by atoms with van der Waals surface area (Å²) < 4.78 is 0. The molecule has 0 aliphatic carbocycles. The van der Waals surface area contributed by atoms with Gasteiger partial charge in [0.1, 0.15) is 5.82 Å². The summed E-state index contributed by atoms with van der Waals surface area (Å²) in [4.78, 5) is 36.8. The molecule has 0 saturated carbocycles. The van der Waals surface area contributed by atoms with Gasteiger partial charge in [-0.15, -0.1) is 0 Å². The third-order valence-electron chi connectivity index (χ3n) is 4.89. The number of amides is 2. The van der Waals surface area contributed by atoms with E-state index in [0.29, 0.717) is 18.9 Å². The fraction of sp³-hybridized carbons (Fsp3) is 0.667. The van der Waals surface area contributed by atoms with Gasteiger partial charge in [-0.3, -0.25) is 9.59 Å². The number of rotatable bonds is 3. The molecule has 130 valence electrons. The molecule has 0 N–H and O–H groups in total. The Morgan fingerprint density at radius 2 is 2.08 bits per heavy atom. The molecule has 1 fully saturated rings. The second-order valence-corrected chi connectivity index (χ2v) is 7.31. The van der Waals surface area contributed by atoms with Gasteiger partial charge in [-0.2, -0.15) is 0 Å². The lowest BCUT2D eigenvalue weighted by molar-refractivity contribution is -0.131. The van der Waals surface area contributed by atoms with Crippen LogP contribution in [0.15, 0.2) is 6.20 Å². The number of fused-ring (bicyclic) bond motifs is 1. The Kier molecular flexibility index (Phi) is 4.83. The lowest BCUT2D eigenvalue weighted by Gasteiger charge is -2.27. The van der Waals surface area contributed by atoms with E-state index < -0.39 is 0 Å². The molecule has 0 unspecified atom stereocenters. The fourth-order valence-corrected chi connectivity index (χ4v) is 3.47. The molecule has 3 heterocycles. The van der Waals surface area contributed by atoms with Crippen LogP contribution in [0, 0.1) is 5.92 Å². The van der Waals surface area contributed by atoms with Crippen LogP contribution in [0.5, 0.6) is 0 Å². The number of hydrogen-bond acceptors (Lipinski definition) is 4. The normalized spacial score (nSPS) is 20.4. The zero-order valence-corrected chi connectivity index (χ0v) is 14.8. The summed E-state index contributed by atoms with van der Waals surface area (Å²) in [6, 6.07) is 0. The SMILES string of the molecule is CC(=O)N1CCc2nc([C@H]3CCN(C(=O)CC(C)C)C3)ncc2C1. The Hall–Kier alpha value is -1.98. The lowest BCUT2D eigenvalue weighted by atomic mass is 10.0. The van der Waals surface area contributed by atoms with E-state index in [1.165, 1.54) is 0 Å². The number of carbonyl (C=O) groups excluding carboxylic acids is 2. The summed E-state index contributed by atoms with van der Waals surface area (Å²) in [5.41, 5.74) is 2.11. The topological polar surface area (TPSA) is 66.4 Å². The van der Waals surface area contributed by atoms with Crippen molar-refractivity contribution in [2.45, 2.75) is 52.5 Å². The number of aromatic nitrogens is 2. The fourth-order valence-electron chi connectivity index (χ4n) is 3.47. The third-order valence-corrected chi connectivity index (χ3v) is 4.89. The first-order valence-electron chi connectivity index (χ1n) is 8.82. The van der Waals surface area contributed by atoms with Crippen molar-refractivity contribution in [3.63, 3.8) is 0 Å². The Morgan fingerprint density at radius 1 is 1.29 bits per heavy atom. The Balaban J connectivity index is 1.67. The standard InChI is InChI=1S/C18H26N4O2/c1-12(2)8-17(24)22-6-4-14(10-22)18-19-9-15-11-21(13(3)23)7-5-16(15)20-18/h9,12,14H,4-8,10-11H2,1-3H3/t14-/m0/s1. The van der Waals surface area contributed by atoms with Gasteiger partial charge in [0.25, 0.3) is 0 Å². The van der Waals surface area contributed by atoms with E-state index in [-0.39, 0.29) is 17.7 Å². The lowest BCUT2D eigenvalue weighted by Crippen LogP contribution is -2.35. The maximum Gasteiger partial charge on any atom is 0.222 e. The van der Waals surface area contributed by atoms with Crippen LogP contribution in [0.3, 0.4) is 0 Å². The predicted octanol–water partition coefficient (Wildman–Crippen LogP) is 1.74. The van der Waals surface area contributed by atoms with Crippen LogP contribution in [-0.2, 0) is 22.6 Å². The molecular weight excluding hydrogens is 304 g/mol. The minimum absolute atomic E-state index is 0.0971. The number of likely N-dealkylation sites (tertiary alicyclic amines) is 1. The minimum Gasteiger partial charge on any atom is -0.342 e. The van der Waals surface area contributed by atoms with Crippen molar-refractivity contribution in [3.8, 4) is 0 Å². The number of nitrogens with zero attached hydrogens (tertiary/aromatic N) is 4. The zero-order chi connectivity index (χ0) is 17.3. The highest BCUT2D eigenvalue weighted by atomic mass is 16.2. The molecule has 2 aliphatic heterocycles. The molecule has 6 nitrogen and oxygen atoms in total. The van der Waals surface area contributed by atoms with Crippen LogP contribution in [0.1, 0.15) is 56.6 Å². The van der Waals surface area contributed by atoms with Gasteiger partial charge in [-0.1, -0.05) is 13.8 Å². The molecule has 6 heteroatoms. The largest absolute Gasteiger partial charge is 0.342 e. The van der Waals surface area contributed by atoms with Gasteiger partial charge >= 0.3 is 0 Å². The van der Waals surface area contributed by atoms with Crippen LogP contribution < -0.4 is 0 Å². The van der Waals surface area contributed by atoms with E-state index in [9.17, 15) is 9.59 Å². The Morgan fingerprint density at radius 3 is 2.79 bits per heavy atom. The molecule has 2 aliphatic rings. The second kappa shape index (κ2) is 6.87. The van der Waals surface area contributed by atoms with Gasteiger partial charge in [-0.05, 0) is 12.3 Å². The van der Waals surface area contributed by atoms with E-state index in [1.807, 2.05) is 16.0 Å². The van der Waals surface area contributed by atoms with Crippen LogP contribution in [0.25, 0.3) is 0 Å². The van der Waals surface area contributed by atoms with E-state index >= 15 is 0 Å². The predicted molar refractivity (Wildman–Crippen MR) is 90.2 cm³/mol. The average Bonchev–Trinajstić information content (AvgIpc) is 3.03. The van der Waals surface area contributed by atoms with Gasteiger partial charge < -0.3 is 9.80 Å². The van der Waals surface area contributed by atoms with E-state index in [1.54, 1.807) is 6.92 Å². The maximum absolute atomic E-state index is 12.2. The summed E-state index contributed by atoms with van der Waals surface area (Å²) in [6.07, 6.45) is 4.19. The van der Waals surface area contributed by atoms with Gasteiger partial charge in [0.05, 0.1) is 5.69 Å². The van der Waals surface area contributed by atoms with Crippen LogP contribution in [-0.4, -0.2) is 51.2 Å². The van der Waals surface area contributed by atoms with Crippen molar-refractivity contribution in [1.82, 2.24) is 19.8 Å². The molecule has 0 bridgehead atoms. The summed E-state index contributed by atoms with van der Waals surface area (Å²) in [6.45, 7) is 8.60. The van der Waals surface area contributed by atoms with Crippen LogP contribution in [0.2, 0.25) is 0 Å². The highest BCUT2D eigenvalue weighted by Crippen LogP contribution is 2.27. The first-order chi connectivity index (χ1) is 11.4. The van der Waals surface area contributed by atoms with Crippen molar-refractivity contribution < 1.29 is 9.59 Å². The molecule has 0 radical (unpaired) electrons. The van der Waals surface area contributed by atoms with Crippen LogP contribution in [0.4, 0.5) is 0 Å². The average molecular weight is 330 g/mol. The molecule has 0 aromatic carbocycles. The molecule has 2 amide bonds. The quantitative estimate of drug-likeness (QED) is 0.847. The summed E-state index contributed by atoms with van der Waals surface area (Å²) in [5.74, 6) is 1.81. The zero-order valence-electron chi connectivity index (χ0n) is 14.8. The van der Waals surface area contributed by atoms with Crippen LogP contribution >= 0.6 is 0 Å². The van der Waals surface area contributed by atoms with Crippen molar-refractivity contribution in [2.24, 2.45) is 5.92 Å². The van der Waals surface area contributed by atoms with Crippen molar-refractivity contribution in [3.05, 3.63) is 23.3 Å². The molecule has 1 aromatic rings. The van der Waals surface area contributed by atoms with Crippen molar-refractivity contribution >= 4 is 11.8 Å². The first kappa shape index (κ1) is 16.9. The monoisotopic (exact) mass is 330 g/mol. The summed E-state index contributed by atoms with van der Waals surface area (Å²) >= 11 is 0. The second-order valence-electron chi connectivity index (χ2n) is 7.31. The molecule has 24 heavy (non-hydrogen) atoms. The minimum atomic E-state index is 0.0971. The first-order valence-corrected chi connectivity index (χ1v) is 8.82. The highest BCUT2D eigenvalue weighted by molar-refractivity contribution is 5.76. The van der Waals surface area contributed by atoms with Gasteiger partial charge in [0.2, 0.25) is 11.8 Å². The maximum atomic E-state index is 12.2. The van der Waals surface area contributed by atoms with Crippen molar-refractivity contribution in [2.75, 3.05) is 19.6 Å². The smallest absolute Gasteiger partial charge is 0.222 e.